The molecule has 0 atom stereocenters. The molecular formula is C25H23N9O4. The third-order valence-electron chi connectivity index (χ3n) is 6.52. The number of carbonyl (C=O) groups excluding carboxylic acids is 2. The normalized spacial score (nSPS) is 13.7. The molecule has 1 fully saturated rings. The maximum Gasteiger partial charge on any atom is 0.295 e. The number of Topliss-reactive ketones (excluding diaryl/α,β-unsaturated/α-hetero) is 1. The van der Waals surface area contributed by atoms with Crippen LogP contribution in [0.3, 0.4) is 0 Å². The molecule has 5 heterocycles. The smallest absolute Gasteiger partial charge is 0.295 e. The molecule has 0 unspecified atom stereocenters. The van der Waals surface area contributed by atoms with Crippen LogP contribution in [0.25, 0.3) is 28.0 Å². The maximum atomic E-state index is 13.4. The molecule has 13 nitrogen and oxygen atoms in total. The van der Waals surface area contributed by atoms with Gasteiger partial charge in [0.2, 0.25) is 5.82 Å². The molecular weight excluding hydrogens is 490 g/mol. The van der Waals surface area contributed by atoms with Crippen LogP contribution in [0.15, 0.2) is 53.7 Å². The molecule has 1 aliphatic heterocycles. The molecule has 0 bridgehead atoms. The molecule has 4 aromatic heterocycles. The minimum Gasteiger partial charge on any atom is -0.494 e. The third kappa shape index (κ3) is 3.93. The van der Waals surface area contributed by atoms with Gasteiger partial charge < -0.3 is 19.5 Å². The number of fused-ring (bicyclic) bond motifs is 1. The number of piperazine rings is 1. The number of H-pyrrole nitrogens is 1. The van der Waals surface area contributed by atoms with Crippen molar-refractivity contribution in [2.75, 3.05) is 38.2 Å². The van der Waals surface area contributed by atoms with Crippen molar-refractivity contribution < 1.29 is 19.0 Å². The van der Waals surface area contributed by atoms with Crippen LogP contribution in [0.5, 0.6) is 5.75 Å². The Bertz CT molecular complexity index is 1630. The number of benzene rings is 1. The first kappa shape index (κ1) is 23.3. The van der Waals surface area contributed by atoms with E-state index in [9.17, 15) is 9.59 Å². The zero-order valence-corrected chi connectivity index (χ0v) is 20.7. The van der Waals surface area contributed by atoms with E-state index in [1.165, 1.54) is 30.5 Å². The van der Waals surface area contributed by atoms with Gasteiger partial charge in [-0.1, -0.05) is 30.3 Å². The van der Waals surface area contributed by atoms with E-state index >= 15 is 0 Å². The molecule has 192 valence electrons. The Hall–Kier alpha value is -5.07. The highest BCUT2D eigenvalue weighted by Gasteiger charge is 2.31. The van der Waals surface area contributed by atoms with Crippen molar-refractivity contribution in [2.45, 2.75) is 6.92 Å². The van der Waals surface area contributed by atoms with Gasteiger partial charge >= 0.3 is 0 Å². The lowest BCUT2D eigenvalue weighted by atomic mass is 10.1. The fraction of sp³-hybridized carbons (Fsp3) is 0.240. The Labute approximate surface area is 216 Å². The summed E-state index contributed by atoms with van der Waals surface area (Å²) in [5, 5.41) is 12.9. The zero-order valence-electron chi connectivity index (χ0n) is 20.7. The van der Waals surface area contributed by atoms with Crippen molar-refractivity contribution in [1.82, 2.24) is 39.9 Å². The van der Waals surface area contributed by atoms with Gasteiger partial charge in [-0.2, -0.15) is 5.10 Å². The van der Waals surface area contributed by atoms with Gasteiger partial charge in [-0.15, -0.1) is 0 Å². The highest BCUT2D eigenvalue weighted by Crippen LogP contribution is 2.32. The number of aryl methyl sites for hydroxylation is 1. The second-order valence-electron chi connectivity index (χ2n) is 8.75. The van der Waals surface area contributed by atoms with Crippen LogP contribution >= 0.6 is 0 Å². The number of hydrogen-bond acceptors (Lipinski definition) is 10. The summed E-state index contributed by atoms with van der Waals surface area (Å²) in [7, 11) is 1.49. The number of nitrogens with one attached hydrogen (secondary N) is 1. The maximum absolute atomic E-state index is 13.4. The summed E-state index contributed by atoms with van der Waals surface area (Å²) in [5.74, 6) is 0.767. The van der Waals surface area contributed by atoms with Gasteiger partial charge in [-0.3, -0.25) is 9.59 Å². The minimum absolute atomic E-state index is 0.205. The Balaban J connectivity index is 1.22. The number of amides is 1. The fourth-order valence-corrected chi connectivity index (χ4v) is 4.61. The molecule has 0 radical (unpaired) electrons. The molecule has 13 heteroatoms. The van der Waals surface area contributed by atoms with Crippen molar-refractivity contribution in [3.05, 3.63) is 60.4 Å². The average molecular weight is 514 g/mol. The van der Waals surface area contributed by atoms with Gasteiger partial charge in [0, 0.05) is 37.9 Å². The van der Waals surface area contributed by atoms with Crippen LogP contribution in [0.4, 0.5) is 5.82 Å². The number of carbonyl (C=O) groups is 2. The lowest BCUT2D eigenvalue weighted by molar-refractivity contribution is -0.126. The largest absolute Gasteiger partial charge is 0.494 e. The van der Waals surface area contributed by atoms with E-state index in [1.807, 2.05) is 35.2 Å². The molecule has 1 aromatic carbocycles. The second kappa shape index (κ2) is 9.42. The summed E-state index contributed by atoms with van der Waals surface area (Å²) in [5.41, 5.74) is 2.25. The Morgan fingerprint density at radius 2 is 1.82 bits per heavy atom. The second-order valence-corrected chi connectivity index (χ2v) is 8.75. The van der Waals surface area contributed by atoms with E-state index < -0.39 is 11.7 Å². The number of nitrogens with zero attached hydrogens (tertiary/aromatic N) is 8. The first-order valence-electron chi connectivity index (χ1n) is 11.9. The summed E-state index contributed by atoms with van der Waals surface area (Å²) < 4.78 is 12.0. The van der Waals surface area contributed by atoms with Crippen molar-refractivity contribution in [2.24, 2.45) is 0 Å². The molecule has 6 rings (SSSR count). The van der Waals surface area contributed by atoms with Crippen LogP contribution in [0.1, 0.15) is 16.2 Å². The predicted molar refractivity (Wildman–Crippen MR) is 135 cm³/mol. The molecule has 1 amide bonds. The van der Waals surface area contributed by atoms with Gasteiger partial charge in [-0.05, 0) is 17.2 Å². The number of ketones is 1. The molecule has 0 saturated carbocycles. The van der Waals surface area contributed by atoms with Crippen LogP contribution in [-0.4, -0.2) is 84.9 Å². The van der Waals surface area contributed by atoms with Crippen molar-refractivity contribution >= 4 is 28.4 Å². The molecule has 0 aliphatic carbocycles. The van der Waals surface area contributed by atoms with Crippen LogP contribution < -0.4 is 9.64 Å². The zero-order chi connectivity index (χ0) is 26.2. The summed E-state index contributed by atoms with van der Waals surface area (Å²) in [4.78, 5) is 41.9. The lowest BCUT2D eigenvalue weighted by Crippen LogP contribution is -2.50. The average Bonchev–Trinajstić information content (AvgIpc) is 3.72. The summed E-state index contributed by atoms with van der Waals surface area (Å²) in [6, 6.07) is 9.63. The van der Waals surface area contributed by atoms with Crippen LogP contribution in [0.2, 0.25) is 0 Å². The standard InChI is InChI=1S/C25H23N9O4/c1-15-28-14-34(29-15)23-21-19(18(37-2)13-27-23)17(12-26-21)22(35)25(36)33-10-8-32(9-11-33)24-20(30-38-31-24)16-6-4-3-5-7-16/h3-7,12-14,26H,8-11H2,1-2H3. The number of rotatable bonds is 6. The van der Waals surface area contributed by atoms with Gasteiger partial charge in [0.15, 0.2) is 11.5 Å². The van der Waals surface area contributed by atoms with Gasteiger partial charge in [0.25, 0.3) is 11.7 Å². The van der Waals surface area contributed by atoms with Gasteiger partial charge in [-0.25, -0.2) is 19.3 Å². The lowest BCUT2D eigenvalue weighted by Gasteiger charge is -2.34. The Kier molecular flexibility index (Phi) is 5.79. The van der Waals surface area contributed by atoms with E-state index in [0.29, 0.717) is 66.0 Å². The number of aromatic amines is 1. The third-order valence-corrected chi connectivity index (χ3v) is 6.52. The van der Waals surface area contributed by atoms with Crippen molar-refractivity contribution in [1.29, 1.82) is 0 Å². The number of aromatic nitrogens is 7. The molecule has 1 saturated heterocycles. The van der Waals surface area contributed by atoms with Gasteiger partial charge in [0.1, 0.15) is 17.9 Å². The molecule has 38 heavy (non-hydrogen) atoms. The molecule has 1 aliphatic rings. The number of methoxy groups -OCH3 is 1. The number of hydrogen-bond donors (Lipinski definition) is 1. The topological polar surface area (TPSA) is 148 Å². The monoisotopic (exact) mass is 513 g/mol. The highest BCUT2D eigenvalue weighted by atomic mass is 16.6. The van der Waals surface area contributed by atoms with Gasteiger partial charge in [0.05, 0.1) is 29.8 Å². The fourth-order valence-electron chi connectivity index (χ4n) is 4.61. The Morgan fingerprint density at radius 1 is 1.03 bits per heavy atom. The van der Waals surface area contributed by atoms with Crippen molar-refractivity contribution in [3.63, 3.8) is 0 Å². The number of pyridine rings is 1. The summed E-state index contributed by atoms with van der Waals surface area (Å²) in [6.45, 7) is 3.40. The minimum atomic E-state index is -0.636. The summed E-state index contributed by atoms with van der Waals surface area (Å²) >= 11 is 0. The predicted octanol–water partition coefficient (Wildman–Crippen LogP) is 2.04. The van der Waals surface area contributed by atoms with Crippen LogP contribution in [0, 0.1) is 6.92 Å². The Morgan fingerprint density at radius 3 is 2.53 bits per heavy atom. The first-order chi connectivity index (χ1) is 18.5. The van der Waals surface area contributed by atoms with E-state index in [-0.39, 0.29) is 5.56 Å². The molecule has 0 spiro atoms. The van der Waals surface area contributed by atoms with E-state index in [2.05, 4.69) is 30.4 Å². The van der Waals surface area contributed by atoms with E-state index in [0.717, 1.165) is 5.56 Å². The molecule has 1 N–H and O–H groups in total. The van der Waals surface area contributed by atoms with Crippen LogP contribution in [-0.2, 0) is 4.79 Å². The van der Waals surface area contributed by atoms with E-state index in [4.69, 9.17) is 9.37 Å². The van der Waals surface area contributed by atoms with Crippen molar-refractivity contribution in [3.8, 4) is 22.8 Å². The summed E-state index contributed by atoms with van der Waals surface area (Å²) in [6.07, 6.45) is 4.54. The SMILES string of the molecule is COc1cnc(-n2cnc(C)n2)c2[nH]cc(C(=O)C(=O)N3CCN(c4nonc4-c4ccccc4)CC3)c12. The number of anilines is 1. The quantitative estimate of drug-likeness (QED) is 0.264. The van der Waals surface area contributed by atoms with E-state index in [1.54, 1.807) is 11.8 Å². The highest BCUT2D eigenvalue weighted by molar-refractivity contribution is 6.45. The first-order valence-corrected chi connectivity index (χ1v) is 11.9. The molecule has 5 aromatic rings. The number of ether oxygens (including phenoxy) is 1.